The molecule has 1 aliphatic rings. The van der Waals surface area contributed by atoms with Crippen LogP contribution in [-0.4, -0.2) is 34.3 Å². The summed E-state index contributed by atoms with van der Waals surface area (Å²) in [6.07, 6.45) is 1.25. The molecule has 8 heteroatoms. The van der Waals surface area contributed by atoms with Crippen molar-refractivity contribution in [1.82, 2.24) is 5.06 Å². The van der Waals surface area contributed by atoms with Crippen molar-refractivity contribution >= 4 is 14.2 Å². The van der Waals surface area contributed by atoms with Gasteiger partial charge in [0.15, 0.2) is 0 Å². The molecule has 0 aromatic rings. The van der Waals surface area contributed by atoms with Gasteiger partial charge in [0.1, 0.15) is 6.34 Å². The third kappa shape index (κ3) is 5.45. The van der Waals surface area contributed by atoms with Crippen LogP contribution in [0.3, 0.4) is 0 Å². The van der Waals surface area contributed by atoms with E-state index in [9.17, 15) is 4.57 Å². The zero-order valence-corrected chi connectivity index (χ0v) is 10.1. The fraction of sp³-hybridized carbons (Fsp3) is 0.667. The second kappa shape index (κ2) is 5.06. The summed E-state index contributed by atoms with van der Waals surface area (Å²) in [5.74, 6) is 0. The molecule has 1 aliphatic heterocycles. The maximum absolute atomic E-state index is 10.2. The van der Waals surface area contributed by atoms with Crippen molar-refractivity contribution in [1.29, 1.82) is 0 Å². The summed E-state index contributed by atoms with van der Waals surface area (Å²) in [6, 6.07) is 0. The van der Waals surface area contributed by atoms with Crippen molar-refractivity contribution in [3.05, 3.63) is 0 Å². The van der Waals surface area contributed by atoms with Gasteiger partial charge in [-0.25, -0.2) is 9.63 Å². The zero-order valence-electron chi connectivity index (χ0n) is 7.04. The summed E-state index contributed by atoms with van der Waals surface area (Å²) in [5.41, 5.74) is 0. The smallest absolute Gasteiger partial charge is 1.00 e. The molecule has 0 fully saturated rings. The van der Waals surface area contributed by atoms with Gasteiger partial charge in [0.05, 0.1) is 13.1 Å². The van der Waals surface area contributed by atoms with E-state index in [-0.39, 0.29) is 52.8 Å². The first-order valence-electron chi connectivity index (χ1n) is 2.60. The first kappa shape index (κ1) is 12.2. The average molecular weight is 206 g/mol. The summed E-state index contributed by atoms with van der Waals surface area (Å²) in [5, 5.41) is 1.01. The van der Waals surface area contributed by atoms with E-state index in [2.05, 4.69) is 9.62 Å². The number of phosphoric acid groups is 1. The molecule has 0 saturated heterocycles. The summed E-state index contributed by atoms with van der Waals surface area (Å²) < 4.78 is 14.3. The quantitative estimate of drug-likeness (QED) is 0.361. The summed E-state index contributed by atoms with van der Waals surface area (Å²) in [7, 11) is -4.38. The van der Waals surface area contributed by atoms with Crippen molar-refractivity contribution < 1.29 is 71.8 Å². The van der Waals surface area contributed by atoms with E-state index in [0.29, 0.717) is 13.1 Å². The van der Waals surface area contributed by atoms with E-state index in [1.54, 1.807) is 0 Å². The van der Waals surface area contributed by atoms with Crippen LogP contribution < -0.4 is 51.4 Å². The predicted octanol–water partition coefficient (Wildman–Crippen LogP) is -3.53. The van der Waals surface area contributed by atoms with Crippen LogP contribution in [0.4, 0.5) is 0 Å². The molecule has 0 aromatic heterocycles. The van der Waals surface area contributed by atoms with Gasteiger partial charge in [0.25, 0.3) is 0 Å². The molecule has 60 valence electrons. The third-order valence-electron chi connectivity index (χ3n) is 0.871. The molecule has 6 nitrogen and oxygen atoms in total. The Bertz CT molecular complexity index is 197. The number of nitrogens with zero attached hydrogens (tertiary/aromatic N) is 2. The van der Waals surface area contributed by atoms with E-state index < -0.39 is 7.82 Å². The Hall–Kier alpha value is 1.22. The van der Waals surface area contributed by atoms with E-state index in [4.69, 9.17) is 9.79 Å². The van der Waals surface area contributed by atoms with Crippen LogP contribution in [0.1, 0.15) is 1.43 Å². The van der Waals surface area contributed by atoms with Crippen LogP contribution >= 0.6 is 7.82 Å². The Balaban J connectivity index is 0. The maximum atomic E-state index is 10.2. The Labute approximate surface area is 108 Å². The second-order valence-electron chi connectivity index (χ2n) is 1.73. The minimum atomic E-state index is -4.38. The standard InChI is InChI=1S/C3H7N2O4P.K.H/c6-10(7,8)9-5-2-1-4-3-5;;/h3H,1-2H2,(H2,6,7,8);;/q;+1;-1. The summed E-state index contributed by atoms with van der Waals surface area (Å²) in [4.78, 5) is 20.2. The van der Waals surface area contributed by atoms with E-state index >= 15 is 0 Å². The van der Waals surface area contributed by atoms with Gasteiger partial charge < -0.3 is 11.2 Å². The second-order valence-corrected chi connectivity index (χ2v) is 2.88. The Morgan fingerprint density at radius 1 is 1.73 bits per heavy atom. The molecular weight excluding hydrogens is 198 g/mol. The number of aliphatic imine (C=N–C) groups is 1. The molecule has 0 radical (unpaired) electrons. The summed E-state index contributed by atoms with van der Waals surface area (Å²) >= 11 is 0. The van der Waals surface area contributed by atoms with Crippen molar-refractivity contribution in [2.24, 2.45) is 4.99 Å². The molecule has 0 aliphatic carbocycles. The van der Waals surface area contributed by atoms with Gasteiger partial charge in [0.2, 0.25) is 0 Å². The van der Waals surface area contributed by atoms with Gasteiger partial charge in [-0.2, -0.15) is 4.62 Å². The number of hydroxylamine groups is 2. The van der Waals surface area contributed by atoms with Crippen LogP contribution in [-0.2, 0) is 9.19 Å². The molecule has 0 spiro atoms. The van der Waals surface area contributed by atoms with Gasteiger partial charge in [-0.15, -0.1) is 0 Å². The molecule has 0 bridgehead atoms. The Kier molecular flexibility index (Phi) is 5.62. The number of hydrogen-bond donors (Lipinski definition) is 2. The Morgan fingerprint density at radius 2 is 2.36 bits per heavy atom. The molecule has 1 heterocycles. The molecule has 0 saturated carbocycles. The van der Waals surface area contributed by atoms with E-state index in [1.807, 2.05) is 0 Å². The van der Waals surface area contributed by atoms with Crippen LogP contribution in [0.2, 0.25) is 0 Å². The molecule has 11 heavy (non-hydrogen) atoms. The van der Waals surface area contributed by atoms with Gasteiger partial charge in [0, 0.05) is 0 Å². The molecule has 0 atom stereocenters. The zero-order chi connectivity index (χ0) is 7.61. The molecule has 2 N–H and O–H groups in total. The van der Waals surface area contributed by atoms with Crippen molar-refractivity contribution in [2.45, 2.75) is 0 Å². The van der Waals surface area contributed by atoms with Crippen LogP contribution in [0.5, 0.6) is 0 Å². The molecule has 0 aromatic carbocycles. The fourth-order valence-corrected chi connectivity index (χ4v) is 0.958. The monoisotopic (exact) mass is 206 g/mol. The van der Waals surface area contributed by atoms with E-state index in [1.165, 1.54) is 6.34 Å². The first-order chi connectivity index (χ1) is 4.58. The fourth-order valence-electron chi connectivity index (χ4n) is 0.561. The minimum Gasteiger partial charge on any atom is -1.00 e. The molecular formula is C3H8KN2O4P. The molecule has 1 rings (SSSR count). The van der Waals surface area contributed by atoms with Gasteiger partial charge in [-0.1, -0.05) is 0 Å². The Morgan fingerprint density at radius 3 is 2.73 bits per heavy atom. The normalized spacial score (nSPS) is 16.7. The molecule has 0 unspecified atom stereocenters. The van der Waals surface area contributed by atoms with Crippen LogP contribution in [0.25, 0.3) is 0 Å². The number of hydrogen-bond acceptors (Lipinski definition) is 4. The summed E-state index contributed by atoms with van der Waals surface area (Å²) in [6.45, 7) is 0.908. The predicted molar refractivity (Wildman–Crippen MR) is 34.3 cm³/mol. The number of rotatable bonds is 2. The van der Waals surface area contributed by atoms with Gasteiger partial charge in [-0.3, -0.25) is 4.99 Å². The minimum absolute atomic E-state index is 0. The van der Waals surface area contributed by atoms with Crippen molar-refractivity contribution in [3.8, 4) is 0 Å². The SMILES string of the molecule is O=P(O)(O)ON1C=NCC1.[H-].[K+]. The van der Waals surface area contributed by atoms with Gasteiger partial charge in [-0.05, 0) is 0 Å². The van der Waals surface area contributed by atoms with Crippen LogP contribution in [0, 0.1) is 0 Å². The van der Waals surface area contributed by atoms with Crippen molar-refractivity contribution in [2.75, 3.05) is 13.1 Å². The average Bonchev–Trinajstić information content (AvgIpc) is 2.12. The maximum Gasteiger partial charge on any atom is 1.00 e. The molecule has 0 amide bonds. The first-order valence-corrected chi connectivity index (χ1v) is 4.13. The largest absolute Gasteiger partial charge is 1.00 e. The van der Waals surface area contributed by atoms with Crippen LogP contribution in [0.15, 0.2) is 4.99 Å². The van der Waals surface area contributed by atoms with Crippen molar-refractivity contribution in [3.63, 3.8) is 0 Å². The van der Waals surface area contributed by atoms with E-state index in [0.717, 1.165) is 5.06 Å². The third-order valence-corrected chi connectivity index (χ3v) is 1.29. The van der Waals surface area contributed by atoms with Gasteiger partial charge >= 0.3 is 59.2 Å². The topological polar surface area (TPSA) is 82.4 Å².